The Morgan fingerprint density at radius 3 is 2.72 bits per heavy atom. The van der Waals surface area contributed by atoms with E-state index in [1.165, 1.54) is 10.4 Å². The third kappa shape index (κ3) is 2.90. The van der Waals surface area contributed by atoms with E-state index in [2.05, 4.69) is 34.3 Å². The van der Waals surface area contributed by atoms with E-state index in [0.717, 1.165) is 15.8 Å². The summed E-state index contributed by atoms with van der Waals surface area (Å²) in [4.78, 5) is 1.20. The fraction of sp³-hybridized carbons (Fsp3) is 0.286. The average molecular weight is 346 g/mol. The molecule has 0 aliphatic carbocycles. The molecule has 18 heavy (non-hydrogen) atoms. The lowest BCUT2D eigenvalue weighted by atomic mass is 10.1. The van der Waals surface area contributed by atoms with Gasteiger partial charge in [0.15, 0.2) is 0 Å². The van der Waals surface area contributed by atoms with E-state index in [0.29, 0.717) is 6.61 Å². The number of thiophene rings is 1. The van der Waals surface area contributed by atoms with Crippen molar-refractivity contribution < 1.29 is 4.74 Å². The first-order valence-electron chi connectivity index (χ1n) is 5.73. The van der Waals surface area contributed by atoms with E-state index in [1.54, 1.807) is 11.3 Å². The van der Waals surface area contributed by atoms with Gasteiger partial charge in [0.1, 0.15) is 5.75 Å². The highest BCUT2D eigenvalue weighted by Crippen LogP contribution is 2.37. The van der Waals surface area contributed by atoms with Gasteiger partial charge in [-0.25, -0.2) is 0 Å². The topological polar surface area (TPSA) is 9.23 Å². The first-order chi connectivity index (χ1) is 8.63. The summed E-state index contributed by atoms with van der Waals surface area (Å²) in [6.07, 6.45) is 0. The van der Waals surface area contributed by atoms with Gasteiger partial charge in [-0.2, -0.15) is 0 Å². The maximum Gasteiger partial charge on any atom is 0.133 e. The molecule has 0 spiro atoms. The molecule has 0 saturated carbocycles. The Morgan fingerprint density at radius 2 is 2.17 bits per heavy atom. The van der Waals surface area contributed by atoms with E-state index >= 15 is 0 Å². The highest BCUT2D eigenvalue weighted by atomic mass is 79.9. The van der Waals surface area contributed by atoms with Gasteiger partial charge in [-0.3, -0.25) is 0 Å². The van der Waals surface area contributed by atoms with Gasteiger partial charge in [-0.1, -0.05) is 6.07 Å². The molecule has 1 unspecified atom stereocenters. The van der Waals surface area contributed by atoms with Crippen molar-refractivity contribution in [1.29, 1.82) is 0 Å². The molecule has 1 aromatic heterocycles. The zero-order valence-electron chi connectivity index (χ0n) is 10.2. The lowest BCUT2D eigenvalue weighted by molar-refractivity contribution is 0.338. The minimum Gasteiger partial charge on any atom is -0.493 e. The zero-order chi connectivity index (χ0) is 13.1. The Hall–Kier alpha value is -0.510. The zero-order valence-corrected chi connectivity index (χ0v) is 13.4. The number of benzene rings is 1. The van der Waals surface area contributed by atoms with Crippen LogP contribution in [0.15, 0.2) is 34.1 Å². The standard InChI is InChI=1S/C14H14BrClOS/c1-3-17-12-5-4-10(8-11(12)15)13(16)14-9(2)6-7-18-14/h4-8,13H,3H2,1-2H3. The second kappa shape index (κ2) is 6.09. The smallest absolute Gasteiger partial charge is 0.133 e. The summed E-state index contributed by atoms with van der Waals surface area (Å²) in [5, 5.41) is 1.97. The van der Waals surface area contributed by atoms with Crippen molar-refractivity contribution in [3.05, 3.63) is 50.1 Å². The first-order valence-corrected chi connectivity index (χ1v) is 7.84. The highest BCUT2D eigenvalue weighted by molar-refractivity contribution is 9.10. The van der Waals surface area contributed by atoms with Crippen LogP contribution in [-0.2, 0) is 0 Å². The molecular weight excluding hydrogens is 332 g/mol. The monoisotopic (exact) mass is 344 g/mol. The molecule has 0 radical (unpaired) electrons. The molecule has 0 bridgehead atoms. The van der Waals surface area contributed by atoms with Crippen LogP contribution in [0.2, 0.25) is 0 Å². The van der Waals surface area contributed by atoms with Crippen molar-refractivity contribution in [2.45, 2.75) is 19.2 Å². The number of rotatable bonds is 4. The summed E-state index contributed by atoms with van der Waals surface area (Å²) >= 11 is 11.7. The van der Waals surface area contributed by atoms with E-state index in [4.69, 9.17) is 16.3 Å². The number of aryl methyl sites for hydroxylation is 1. The second-order valence-electron chi connectivity index (χ2n) is 3.95. The molecule has 0 aliphatic heterocycles. The van der Waals surface area contributed by atoms with Crippen molar-refractivity contribution in [2.75, 3.05) is 6.61 Å². The lowest BCUT2D eigenvalue weighted by Gasteiger charge is -2.12. The van der Waals surface area contributed by atoms with Gasteiger partial charge in [0, 0.05) is 4.88 Å². The quantitative estimate of drug-likeness (QED) is 0.660. The summed E-state index contributed by atoms with van der Waals surface area (Å²) in [6.45, 7) is 4.72. The Kier molecular flexibility index (Phi) is 4.71. The van der Waals surface area contributed by atoms with Gasteiger partial charge >= 0.3 is 0 Å². The van der Waals surface area contributed by atoms with Crippen LogP contribution in [0.1, 0.15) is 28.3 Å². The van der Waals surface area contributed by atoms with Crippen LogP contribution in [0.25, 0.3) is 0 Å². The molecule has 0 amide bonds. The molecule has 1 aromatic carbocycles. The maximum atomic E-state index is 6.53. The third-order valence-corrected chi connectivity index (χ3v) is 4.98. The average Bonchev–Trinajstić information content (AvgIpc) is 2.77. The van der Waals surface area contributed by atoms with Crippen LogP contribution < -0.4 is 4.74 Å². The number of hydrogen-bond acceptors (Lipinski definition) is 2. The molecule has 1 atom stereocenters. The molecule has 0 fully saturated rings. The Morgan fingerprint density at radius 1 is 1.39 bits per heavy atom. The van der Waals surface area contributed by atoms with Crippen LogP contribution in [0.5, 0.6) is 5.75 Å². The lowest BCUT2D eigenvalue weighted by Crippen LogP contribution is -1.96. The van der Waals surface area contributed by atoms with Crippen molar-refractivity contribution in [3.63, 3.8) is 0 Å². The fourth-order valence-corrected chi connectivity index (χ4v) is 3.64. The molecule has 2 aromatic rings. The van der Waals surface area contributed by atoms with Crippen LogP contribution in [0.4, 0.5) is 0 Å². The third-order valence-electron chi connectivity index (χ3n) is 2.68. The second-order valence-corrected chi connectivity index (χ2v) is 6.19. The van der Waals surface area contributed by atoms with Crippen LogP contribution >= 0.6 is 38.9 Å². The van der Waals surface area contributed by atoms with Crippen LogP contribution in [0, 0.1) is 6.92 Å². The largest absolute Gasteiger partial charge is 0.493 e. The molecule has 1 heterocycles. The molecule has 0 N–H and O–H groups in total. The van der Waals surface area contributed by atoms with Gasteiger partial charge in [0.2, 0.25) is 0 Å². The summed E-state index contributed by atoms with van der Waals surface area (Å²) in [5.74, 6) is 0.855. The van der Waals surface area contributed by atoms with E-state index in [-0.39, 0.29) is 5.38 Å². The minimum absolute atomic E-state index is 0.100. The van der Waals surface area contributed by atoms with Gasteiger partial charge < -0.3 is 4.74 Å². The molecule has 0 saturated heterocycles. The number of halogens is 2. The minimum atomic E-state index is -0.100. The highest BCUT2D eigenvalue weighted by Gasteiger charge is 2.15. The molecular formula is C14H14BrClOS. The van der Waals surface area contributed by atoms with Crippen LogP contribution in [0.3, 0.4) is 0 Å². The Bertz CT molecular complexity index is 538. The number of ether oxygens (including phenoxy) is 1. The van der Waals surface area contributed by atoms with E-state index < -0.39 is 0 Å². The van der Waals surface area contributed by atoms with E-state index in [9.17, 15) is 0 Å². The number of hydrogen-bond donors (Lipinski definition) is 0. The number of alkyl halides is 1. The Labute approximate surface area is 125 Å². The summed E-state index contributed by atoms with van der Waals surface area (Å²) in [5.41, 5.74) is 2.32. The van der Waals surface area contributed by atoms with Crippen molar-refractivity contribution >= 4 is 38.9 Å². The van der Waals surface area contributed by atoms with Crippen molar-refractivity contribution in [3.8, 4) is 5.75 Å². The normalized spacial score (nSPS) is 12.4. The van der Waals surface area contributed by atoms with Crippen LogP contribution in [-0.4, -0.2) is 6.61 Å². The van der Waals surface area contributed by atoms with E-state index in [1.807, 2.05) is 25.1 Å². The van der Waals surface area contributed by atoms with Crippen molar-refractivity contribution in [1.82, 2.24) is 0 Å². The predicted octanol–water partition coefficient (Wildman–Crippen LogP) is 5.55. The Balaban J connectivity index is 2.29. The maximum absolute atomic E-state index is 6.53. The summed E-state index contributed by atoms with van der Waals surface area (Å²) in [7, 11) is 0. The molecule has 4 heteroatoms. The first kappa shape index (κ1) is 13.9. The molecule has 1 nitrogen and oxygen atoms in total. The molecule has 96 valence electrons. The van der Waals surface area contributed by atoms with Crippen molar-refractivity contribution in [2.24, 2.45) is 0 Å². The molecule has 0 aliphatic rings. The fourth-order valence-electron chi connectivity index (χ4n) is 1.74. The summed E-state index contributed by atoms with van der Waals surface area (Å²) in [6, 6.07) is 8.11. The van der Waals surface area contributed by atoms with Gasteiger partial charge in [-0.15, -0.1) is 22.9 Å². The summed E-state index contributed by atoms with van der Waals surface area (Å²) < 4.78 is 6.44. The predicted molar refractivity (Wildman–Crippen MR) is 82.1 cm³/mol. The van der Waals surface area contributed by atoms with Gasteiger partial charge in [0.05, 0.1) is 16.5 Å². The van der Waals surface area contributed by atoms with Gasteiger partial charge in [-0.05, 0) is 64.5 Å². The van der Waals surface area contributed by atoms with Gasteiger partial charge in [0.25, 0.3) is 0 Å². The molecule has 2 rings (SSSR count). The SMILES string of the molecule is CCOc1ccc(C(Cl)c2sccc2C)cc1Br.